The minimum absolute atomic E-state index is 0.0443. The van der Waals surface area contributed by atoms with Gasteiger partial charge in [-0.15, -0.1) is 0 Å². The van der Waals surface area contributed by atoms with E-state index in [1.54, 1.807) is 7.11 Å². The lowest BCUT2D eigenvalue weighted by molar-refractivity contribution is 0.0780. The molecule has 2 rings (SSSR count). The van der Waals surface area contributed by atoms with Crippen LogP contribution in [0.25, 0.3) is 0 Å². The summed E-state index contributed by atoms with van der Waals surface area (Å²) >= 11 is 2.22. The van der Waals surface area contributed by atoms with Crippen LogP contribution in [0.4, 0.5) is 0 Å². The lowest BCUT2D eigenvalue weighted by atomic mass is 10.1. The summed E-state index contributed by atoms with van der Waals surface area (Å²) in [5.41, 5.74) is 0.687. The van der Waals surface area contributed by atoms with Crippen LogP contribution in [0.5, 0.6) is 0 Å². The number of amides is 1. The number of carbonyl (C=O) groups is 1. The van der Waals surface area contributed by atoms with Crippen LogP contribution in [-0.2, 0) is 4.74 Å². The molecule has 1 saturated heterocycles. The number of halogens is 1. The SMILES string of the molecule is CO[C@@H]1CNCC1NC(=O)c1ccc(I)cc1. The number of hydrogen-bond acceptors (Lipinski definition) is 3. The van der Waals surface area contributed by atoms with E-state index in [-0.39, 0.29) is 18.1 Å². The van der Waals surface area contributed by atoms with Crippen LogP contribution >= 0.6 is 22.6 Å². The Labute approximate surface area is 114 Å². The fourth-order valence-corrected chi connectivity index (χ4v) is 2.26. The van der Waals surface area contributed by atoms with Gasteiger partial charge in [0.15, 0.2) is 0 Å². The molecule has 17 heavy (non-hydrogen) atoms. The van der Waals surface area contributed by atoms with Crippen LogP contribution in [0.1, 0.15) is 10.4 Å². The van der Waals surface area contributed by atoms with Gasteiger partial charge in [-0.1, -0.05) is 0 Å². The lowest BCUT2D eigenvalue weighted by Gasteiger charge is -2.18. The van der Waals surface area contributed by atoms with E-state index >= 15 is 0 Å². The van der Waals surface area contributed by atoms with Crippen molar-refractivity contribution in [1.82, 2.24) is 10.6 Å². The third kappa shape index (κ3) is 3.17. The number of ether oxygens (including phenoxy) is 1. The van der Waals surface area contributed by atoms with Gasteiger partial charge in [0.2, 0.25) is 0 Å². The predicted octanol–water partition coefficient (Wildman–Crippen LogP) is 1.01. The van der Waals surface area contributed by atoms with E-state index in [0.29, 0.717) is 5.56 Å². The Hall–Kier alpha value is -0.660. The molecule has 0 bridgehead atoms. The molecule has 92 valence electrons. The third-order valence-electron chi connectivity index (χ3n) is 2.88. The van der Waals surface area contributed by atoms with Gasteiger partial charge in [0, 0.05) is 29.3 Å². The van der Waals surface area contributed by atoms with Crippen molar-refractivity contribution < 1.29 is 9.53 Å². The summed E-state index contributed by atoms with van der Waals surface area (Å²) in [6.45, 7) is 1.54. The molecule has 1 unspecified atom stereocenters. The van der Waals surface area contributed by atoms with Crippen LogP contribution in [-0.4, -0.2) is 38.3 Å². The first-order valence-corrected chi connectivity index (χ1v) is 6.58. The number of nitrogens with one attached hydrogen (secondary N) is 2. The molecule has 1 aromatic carbocycles. The van der Waals surface area contributed by atoms with Crippen molar-refractivity contribution in [3.8, 4) is 0 Å². The fourth-order valence-electron chi connectivity index (χ4n) is 1.90. The highest BCUT2D eigenvalue weighted by molar-refractivity contribution is 14.1. The fraction of sp³-hybridized carbons (Fsp3) is 0.417. The highest BCUT2D eigenvalue weighted by atomic mass is 127. The van der Waals surface area contributed by atoms with Crippen molar-refractivity contribution in [3.63, 3.8) is 0 Å². The molecule has 1 aliphatic rings. The molecule has 0 aliphatic carbocycles. The van der Waals surface area contributed by atoms with Crippen molar-refractivity contribution in [1.29, 1.82) is 0 Å². The normalized spacial score (nSPS) is 23.6. The van der Waals surface area contributed by atoms with Gasteiger partial charge in [0.05, 0.1) is 12.1 Å². The van der Waals surface area contributed by atoms with E-state index in [1.807, 2.05) is 24.3 Å². The van der Waals surface area contributed by atoms with Crippen molar-refractivity contribution in [2.24, 2.45) is 0 Å². The molecule has 1 aliphatic heterocycles. The van der Waals surface area contributed by atoms with Gasteiger partial charge in [-0.2, -0.15) is 0 Å². The van der Waals surface area contributed by atoms with Gasteiger partial charge >= 0.3 is 0 Å². The van der Waals surface area contributed by atoms with E-state index in [9.17, 15) is 4.79 Å². The first-order valence-electron chi connectivity index (χ1n) is 5.50. The van der Waals surface area contributed by atoms with Gasteiger partial charge in [0.25, 0.3) is 5.91 Å². The zero-order valence-electron chi connectivity index (χ0n) is 9.57. The summed E-state index contributed by atoms with van der Waals surface area (Å²) in [4.78, 5) is 12.0. The number of hydrogen-bond donors (Lipinski definition) is 2. The molecule has 5 heteroatoms. The van der Waals surface area contributed by atoms with E-state index in [2.05, 4.69) is 33.2 Å². The third-order valence-corrected chi connectivity index (χ3v) is 3.60. The first kappa shape index (κ1) is 12.8. The molecule has 1 aromatic rings. The van der Waals surface area contributed by atoms with Crippen LogP contribution < -0.4 is 10.6 Å². The monoisotopic (exact) mass is 346 g/mol. The van der Waals surface area contributed by atoms with Crippen molar-refractivity contribution in [2.45, 2.75) is 12.1 Å². The second kappa shape index (κ2) is 5.79. The second-order valence-electron chi connectivity index (χ2n) is 4.02. The standard InChI is InChI=1S/C12H15IN2O2/c1-17-11-7-14-6-10(11)15-12(16)8-2-4-9(13)5-3-8/h2-5,10-11,14H,6-7H2,1H3,(H,15,16)/t10?,11-/m1/s1. The quantitative estimate of drug-likeness (QED) is 0.804. The molecule has 0 saturated carbocycles. The summed E-state index contributed by atoms with van der Waals surface area (Å²) in [6, 6.07) is 7.57. The Balaban J connectivity index is 1.99. The van der Waals surface area contributed by atoms with Gasteiger partial charge in [-0.3, -0.25) is 4.79 Å². The van der Waals surface area contributed by atoms with Crippen molar-refractivity contribution in [2.75, 3.05) is 20.2 Å². The first-order chi connectivity index (χ1) is 8.20. The maximum atomic E-state index is 12.0. The highest BCUT2D eigenvalue weighted by Crippen LogP contribution is 2.09. The summed E-state index contributed by atoms with van der Waals surface area (Å²) in [7, 11) is 1.67. The van der Waals surface area contributed by atoms with Gasteiger partial charge in [-0.25, -0.2) is 0 Å². The maximum absolute atomic E-state index is 12.0. The molecule has 0 aromatic heterocycles. The number of carbonyl (C=O) groups excluding carboxylic acids is 1. The lowest BCUT2D eigenvalue weighted by Crippen LogP contribution is -2.43. The molecule has 0 spiro atoms. The van der Waals surface area contributed by atoms with E-state index in [0.717, 1.165) is 16.7 Å². The molecular weight excluding hydrogens is 331 g/mol. The summed E-state index contributed by atoms with van der Waals surface area (Å²) < 4.78 is 6.42. The number of benzene rings is 1. The molecular formula is C12H15IN2O2. The second-order valence-corrected chi connectivity index (χ2v) is 5.26. The maximum Gasteiger partial charge on any atom is 0.251 e. The summed E-state index contributed by atoms with van der Waals surface area (Å²) in [5, 5.41) is 6.19. The van der Waals surface area contributed by atoms with E-state index in [4.69, 9.17) is 4.74 Å². The zero-order valence-corrected chi connectivity index (χ0v) is 11.7. The highest BCUT2D eigenvalue weighted by Gasteiger charge is 2.28. The Bertz CT molecular complexity index is 394. The molecule has 1 fully saturated rings. The zero-order chi connectivity index (χ0) is 12.3. The van der Waals surface area contributed by atoms with Crippen LogP contribution in [0.3, 0.4) is 0 Å². The Morgan fingerprint density at radius 3 is 2.76 bits per heavy atom. The van der Waals surface area contributed by atoms with Crippen molar-refractivity contribution in [3.05, 3.63) is 33.4 Å². The molecule has 4 nitrogen and oxygen atoms in total. The molecule has 1 heterocycles. The Morgan fingerprint density at radius 1 is 1.41 bits per heavy atom. The molecule has 0 radical (unpaired) electrons. The van der Waals surface area contributed by atoms with E-state index < -0.39 is 0 Å². The number of rotatable bonds is 3. The topological polar surface area (TPSA) is 50.4 Å². The van der Waals surface area contributed by atoms with Gasteiger partial charge in [0.1, 0.15) is 0 Å². The minimum Gasteiger partial charge on any atom is -0.378 e. The molecule has 2 N–H and O–H groups in total. The smallest absolute Gasteiger partial charge is 0.251 e. The van der Waals surface area contributed by atoms with Crippen LogP contribution in [0.2, 0.25) is 0 Å². The van der Waals surface area contributed by atoms with Crippen LogP contribution in [0.15, 0.2) is 24.3 Å². The van der Waals surface area contributed by atoms with E-state index in [1.165, 1.54) is 0 Å². The average molecular weight is 346 g/mol. The minimum atomic E-state index is -0.0443. The summed E-state index contributed by atoms with van der Waals surface area (Å²) in [5.74, 6) is -0.0443. The predicted molar refractivity (Wildman–Crippen MR) is 74.1 cm³/mol. The molecule has 1 amide bonds. The van der Waals surface area contributed by atoms with Gasteiger partial charge in [-0.05, 0) is 46.9 Å². The molecule has 2 atom stereocenters. The Kier molecular flexibility index (Phi) is 4.36. The average Bonchev–Trinajstić information content (AvgIpc) is 2.77. The number of methoxy groups -OCH3 is 1. The Morgan fingerprint density at radius 2 is 2.12 bits per heavy atom. The largest absolute Gasteiger partial charge is 0.378 e. The van der Waals surface area contributed by atoms with Gasteiger partial charge < -0.3 is 15.4 Å². The summed E-state index contributed by atoms with van der Waals surface area (Å²) in [6.07, 6.45) is 0.0581. The van der Waals surface area contributed by atoms with Crippen LogP contribution in [0, 0.1) is 3.57 Å². The van der Waals surface area contributed by atoms with Crippen molar-refractivity contribution >= 4 is 28.5 Å².